The first kappa shape index (κ1) is 11.3. The predicted octanol–water partition coefficient (Wildman–Crippen LogP) is 2.18. The fourth-order valence-corrected chi connectivity index (χ4v) is 2.32. The van der Waals surface area contributed by atoms with E-state index in [2.05, 4.69) is 10.3 Å². The Labute approximate surface area is 106 Å². The lowest BCUT2D eigenvalue weighted by molar-refractivity contribution is -0.123. The van der Waals surface area contributed by atoms with Crippen LogP contribution >= 0.6 is 0 Å². The molecule has 1 N–H and O–H groups in total. The van der Waals surface area contributed by atoms with E-state index >= 15 is 0 Å². The minimum Gasteiger partial charge on any atom is -0.352 e. The van der Waals surface area contributed by atoms with Gasteiger partial charge in [-0.2, -0.15) is 0 Å². The van der Waals surface area contributed by atoms with Gasteiger partial charge in [-0.1, -0.05) is 12.1 Å². The molecular weight excluding hydrogens is 226 g/mol. The molecule has 0 bridgehead atoms. The Morgan fingerprint density at radius 3 is 2.89 bits per heavy atom. The molecule has 1 fully saturated rings. The van der Waals surface area contributed by atoms with Gasteiger partial charge in [0.1, 0.15) is 11.9 Å². The van der Waals surface area contributed by atoms with Crippen LogP contribution in [0.25, 0.3) is 11.0 Å². The number of nitrogens with one attached hydrogen (secondary N) is 1. The number of carbonyl (C=O) groups is 1. The van der Waals surface area contributed by atoms with E-state index < -0.39 is 0 Å². The SMILES string of the molecule is Cc1nc2ccccc2n1[C@H](C)C(=O)NC1CC1. The smallest absolute Gasteiger partial charge is 0.243 e. The lowest BCUT2D eigenvalue weighted by Crippen LogP contribution is -2.32. The quantitative estimate of drug-likeness (QED) is 0.898. The van der Waals surface area contributed by atoms with Crippen LogP contribution in [0, 0.1) is 6.92 Å². The van der Waals surface area contributed by atoms with E-state index in [1.165, 1.54) is 0 Å². The van der Waals surface area contributed by atoms with Crippen molar-refractivity contribution < 1.29 is 4.79 Å². The van der Waals surface area contributed by atoms with Crippen molar-refractivity contribution in [1.82, 2.24) is 14.9 Å². The summed E-state index contributed by atoms with van der Waals surface area (Å²) in [6.07, 6.45) is 2.23. The Morgan fingerprint density at radius 1 is 1.44 bits per heavy atom. The number of hydrogen-bond donors (Lipinski definition) is 1. The molecule has 0 unspecified atom stereocenters. The molecule has 1 aromatic carbocycles. The monoisotopic (exact) mass is 243 g/mol. The highest BCUT2D eigenvalue weighted by molar-refractivity contribution is 5.84. The lowest BCUT2D eigenvalue weighted by Gasteiger charge is -2.16. The number of hydrogen-bond acceptors (Lipinski definition) is 2. The van der Waals surface area contributed by atoms with Gasteiger partial charge in [0.2, 0.25) is 5.91 Å². The Morgan fingerprint density at radius 2 is 2.17 bits per heavy atom. The summed E-state index contributed by atoms with van der Waals surface area (Å²) in [7, 11) is 0. The maximum absolute atomic E-state index is 12.1. The van der Waals surface area contributed by atoms with E-state index in [0.717, 1.165) is 29.7 Å². The molecule has 1 aromatic heterocycles. The van der Waals surface area contributed by atoms with Crippen molar-refractivity contribution >= 4 is 16.9 Å². The predicted molar refractivity (Wildman–Crippen MR) is 70.3 cm³/mol. The molecule has 1 heterocycles. The zero-order chi connectivity index (χ0) is 12.7. The highest BCUT2D eigenvalue weighted by atomic mass is 16.2. The summed E-state index contributed by atoms with van der Waals surface area (Å²) in [5.74, 6) is 0.971. The van der Waals surface area contributed by atoms with Gasteiger partial charge in [0.15, 0.2) is 0 Å². The van der Waals surface area contributed by atoms with E-state index in [9.17, 15) is 4.79 Å². The van der Waals surface area contributed by atoms with Crippen molar-refractivity contribution in [3.8, 4) is 0 Å². The van der Waals surface area contributed by atoms with Gasteiger partial charge >= 0.3 is 0 Å². The molecule has 4 nitrogen and oxygen atoms in total. The minimum absolute atomic E-state index is 0.0868. The van der Waals surface area contributed by atoms with Gasteiger partial charge < -0.3 is 9.88 Å². The lowest BCUT2D eigenvalue weighted by atomic mass is 10.2. The Hall–Kier alpha value is -1.84. The van der Waals surface area contributed by atoms with Crippen LogP contribution in [0.5, 0.6) is 0 Å². The highest BCUT2D eigenvalue weighted by Gasteiger charge is 2.27. The Balaban J connectivity index is 1.96. The molecule has 0 spiro atoms. The number of imidazole rings is 1. The van der Waals surface area contributed by atoms with Crippen LogP contribution in [0.3, 0.4) is 0 Å². The summed E-state index contributed by atoms with van der Waals surface area (Å²) >= 11 is 0. The van der Waals surface area contributed by atoms with Crippen LogP contribution in [0.4, 0.5) is 0 Å². The van der Waals surface area contributed by atoms with E-state index in [4.69, 9.17) is 0 Å². The Bertz CT molecular complexity index is 598. The van der Waals surface area contributed by atoms with E-state index in [1.54, 1.807) is 0 Å². The van der Waals surface area contributed by atoms with Crippen LogP contribution in [0.1, 0.15) is 31.6 Å². The van der Waals surface area contributed by atoms with Crippen molar-refractivity contribution in [2.45, 2.75) is 38.8 Å². The van der Waals surface area contributed by atoms with Crippen molar-refractivity contribution in [3.63, 3.8) is 0 Å². The molecule has 1 aliphatic carbocycles. The van der Waals surface area contributed by atoms with Gasteiger partial charge in [0, 0.05) is 6.04 Å². The summed E-state index contributed by atoms with van der Waals surface area (Å²) in [6, 6.07) is 8.12. The second kappa shape index (κ2) is 4.12. The maximum Gasteiger partial charge on any atom is 0.243 e. The molecule has 1 saturated carbocycles. The fourth-order valence-electron chi connectivity index (χ4n) is 2.32. The number of fused-ring (bicyclic) bond motifs is 1. The number of benzene rings is 1. The van der Waals surface area contributed by atoms with Gasteiger partial charge in [-0.3, -0.25) is 4.79 Å². The standard InChI is InChI=1S/C14H17N3O/c1-9(14(18)16-11-7-8-11)17-10(2)15-12-5-3-4-6-13(12)17/h3-6,9,11H,7-8H2,1-2H3,(H,16,18)/t9-/m1/s1. The maximum atomic E-state index is 12.1. The van der Waals surface area contributed by atoms with Crippen molar-refractivity contribution in [1.29, 1.82) is 0 Å². The minimum atomic E-state index is -0.210. The second-order valence-electron chi connectivity index (χ2n) is 4.98. The van der Waals surface area contributed by atoms with Crippen LogP contribution in [0.15, 0.2) is 24.3 Å². The van der Waals surface area contributed by atoms with E-state index in [0.29, 0.717) is 6.04 Å². The number of aryl methyl sites for hydroxylation is 1. The number of nitrogens with zero attached hydrogens (tertiary/aromatic N) is 2. The van der Waals surface area contributed by atoms with Crippen LogP contribution in [-0.4, -0.2) is 21.5 Å². The second-order valence-corrected chi connectivity index (χ2v) is 4.98. The third-order valence-electron chi connectivity index (χ3n) is 3.46. The topological polar surface area (TPSA) is 46.9 Å². The number of amides is 1. The van der Waals surface area contributed by atoms with Gasteiger partial charge in [-0.05, 0) is 38.8 Å². The zero-order valence-electron chi connectivity index (χ0n) is 10.7. The molecule has 1 aliphatic rings. The number of para-hydroxylation sites is 2. The molecule has 4 heteroatoms. The van der Waals surface area contributed by atoms with Crippen molar-refractivity contribution in [3.05, 3.63) is 30.1 Å². The highest BCUT2D eigenvalue weighted by Crippen LogP contribution is 2.23. The summed E-state index contributed by atoms with van der Waals surface area (Å²) in [6.45, 7) is 3.87. The van der Waals surface area contributed by atoms with Crippen LogP contribution < -0.4 is 5.32 Å². The molecule has 3 rings (SSSR count). The van der Waals surface area contributed by atoms with Gasteiger partial charge in [0.25, 0.3) is 0 Å². The largest absolute Gasteiger partial charge is 0.352 e. The van der Waals surface area contributed by atoms with Gasteiger partial charge in [-0.25, -0.2) is 4.98 Å². The first-order valence-electron chi connectivity index (χ1n) is 6.41. The molecule has 0 radical (unpaired) electrons. The van der Waals surface area contributed by atoms with E-state index in [1.807, 2.05) is 42.7 Å². The van der Waals surface area contributed by atoms with Gasteiger partial charge in [0.05, 0.1) is 11.0 Å². The average molecular weight is 243 g/mol. The molecule has 18 heavy (non-hydrogen) atoms. The molecule has 1 atom stereocenters. The molecule has 0 aliphatic heterocycles. The average Bonchev–Trinajstić information content (AvgIpc) is 3.09. The molecule has 2 aromatic rings. The first-order chi connectivity index (χ1) is 8.66. The zero-order valence-corrected chi connectivity index (χ0v) is 10.7. The number of aromatic nitrogens is 2. The molecular formula is C14H17N3O. The normalized spacial score (nSPS) is 16.8. The number of rotatable bonds is 3. The molecule has 1 amide bonds. The summed E-state index contributed by atoms with van der Waals surface area (Å²) in [4.78, 5) is 16.6. The van der Waals surface area contributed by atoms with Crippen LogP contribution in [0.2, 0.25) is 0 Å². The van der Waals surface area contributed by atoms with E-state index in [-0.39, 0.29) is 11.9 Å². The van der Waals surface area contributed by atoms with Crippen molar-refractivity contribution in [2.75, 3.05) is 0 Å². The summed E-state index contributed by atoms with van der Waals surface area (Å²) in [5.41, 5.74) is 1.97. The third-order valence-corrected chi connectivity index (χ3v) is 3.46. The fraction of sp³-hybridized carbons (Fsp3) is 0.429. The van der Waals surface area contributed by atoms with Gasteiger partial charge in [-0.15, -0.1) is 0 Å². The third kappa shape index (κ3) is 1.88. The summed E-state index contributed by atoms with van der Waals surface area (Å²) in [5, 5.41) is 3.05. The molecule has 0 saturated heterocycles. The first-order valence-corrected chi connectivity index (χ1v) is 6.41. The Kier molecular flexibility index (Phi) is 2.58. The van der Waals surface area contributed by atoms with Crippen LogP contribution in [-0.2, 0) is 4.79 Å². The number of carbonyl (C=O) groups excluding carboxylic acids is 1. The van der Waals surface area contributed by atoms with Crippen molar-refractivity contribution in [2.24, 2.45) is 0 Å². The molecule has 94 valence electrons. The summed E-state index contributed by atoms with van der Waals surface area (Å²) < 4.78 is 2.01.